The maximum Gasteiger partial charge on any atom is 0.190 e. The van der Waals surface area contributed by atoms with E-state index in [1.165, 1.54) is 0 Å². The van der Waals surface area contributed by atoms with Gasteiger partial charge >= 0.3 is 0 Å². The lowest BCUT2D eigenvalue weighted by molar-refractivity contribution is -0.226. The topological polar surface area (TPSA) is 86.6 Å². The van der Waals surface area contributed by atoms with Gasteiger partial charge in [-0.1, -0.05) is 29.8 Å². The summed E-state index contributed by atoms with van der Waals surface area (Å²) in [6.07, 6.45) is -3.21. The molecule has 2 unspecified atom stereocenters. The Morgan fingerprint density at radius 2 is 1.97 bits per heavy atom. The summed E-state index contributed by atoms with van der Waals surface area (Å²) in [7, 11) is 0. The van der Waals surface area contributed by atoms with Gasteiger partial charge in [0.2, 0.25) is 0 Å². The highest BCUT2D eigenvalue weighted by Gasteiger charge is 2.56. The van der Waals surface area contributed by atoms with Gasteiger partial charge in [-0.05, 0) is 56.0 Å². The average molecular weight is 477 g/mol. The number of hydrogen-bond acceptors (Lipinski definition) is 7. The second-order valence-electron chi connectivity index (χ2n) is 9.10. The lowest BCUT2D eigenvalue weighted by Gasteiger charge is -2.27. The molecule has 3 aliphatic heterocycles. The van der Waals surface area contributed by atoms with Crippen LogP contribution in [-0.4, -0.2) is 53.8 Å². The van der Waals surface area contributed by atoms with E-state index in [0.717, 1.165) is 22.4 Å². The van der Waals surface area contributed by atoms with Crippen LogP contribution in [-0.2, 0) is 27.1 Å². The molecule has 8 heteroatoms. The fraction of sp³-hybridized carbons (Fsp3) is 0.520. The Labute approximate surface area is 198 Å². The maximum absolute atomic E-state index is 11.3. The fourth-order valence-corrected chi connectivity index (χ4v) is 5.14. The molecule has 2 fully saturated rings. The Morgan fingerprint density at radius 1 is 1.21 bits per heavy atom. The Hall–Kier alpha value is -1.87. The van der Waals surface area contributed by atoms with Crippen molar-refractivity contribution in [3.63, 3.8) is 0 Å². The van der Waals surface area contributed by atoms with Crippen molar-refractivity contribution < 1.29 is 33.9 Å². The summed E-state index contributed by atoms with van der Waals surface area (Å²) < 4.78 is 28.8. The minimum Gasteiger partial charge on any atom is -0.494 e. The van der Waals surface area contributed by atoms with E-state index in [2.05, 4.69) is 0 Å². The Balaban J connectivity index is 1.43. The number of ether oxygens (including phenoxy) is 5. The highest BCUT2D eigenvalue weighted by molar-refractivity contribution is 6.33. The van der Waals surface area contributed by atoms with Gasteiger partial charge in [-0.3, -0.25) is 0 Å². The standard InChI is InChI=1S/C25H29ClO7/c1-4-29-15-7-5-13(6-8-15)11-14-12-17(16-9-10-30-21(16)18(14)26)19(27)22-20(28)23-24(31-22)33-25(2,3)32-23/h5-8,12,19-20,22-24,27-28H,4,9-11H2,1-3H3/t19?,20-,22?,23+,24+/m1/s1. The fourth-order valence-electron chi connectivity index (χ4n) is 4.85. The molecule has 3 aliphatic rings. The summed E-state index contributed by atoms with van der Waals surface area (Å²) in [5.74, 6) is 0.564. The molecule has 0 aromatic heterocycles. The molecule has 0 saturated carbocycles. The van der Waals surface area contributed by atoms with E-state index in [9.17, 15) is 10.2 Å². The smallest absolute Gasteiger partial charge is 0.190 e. The second-order valence-corrected chi connectivity index (χ2v) is 9.48. The van der Waals surface area contributed by atoms with Crippen molar-refractivity contribution in [1.82, 2.24) is 0 Å². The Bertz CT molecular complexity index is 1020. The van der Waals surface area contributed by atoms with Gasteiger partial charge in [-0.2, -0.15) is 0 Å². The zero-order chi connectivity index (χ0) is 23.3. The molecule has 0 aliphatic carbocycles. The van der Waals surface area contributed by atoms with Gasteiger partial charge in [0.15, 0.2) is 12.1 Å². The lowest BCUT2D eigenvalue weighted by atomic mass is 9.91. The van der Waals surface area contributed by atoms with E-state index in [-0.39, 0.29) is 0 Å². The largest absolute Gasteiger partial charge is 0.494 e. The maximum atomic E-state index is 11.3. The number of benzene rings is 2. The molecule has 2 N–H and O–H groups in total. The predicted molar refractivity (Wildman–Crippen MR) is 121 cm³/mol. The minimum absolute atomic E-state index is 0.487. The van der Waals surface area contributed by atoms with Crippen molar-refractivity contribution in [2.45, 2.75) is 70.1 Å². The van der Waals surface area contributed by atoms with Crippen molar-refractivity contribution in [1.29, 1.82) is 0 Å². The molecule has 0 radical (unpaired) electrons. The van der Waals surface area contributed by atoms with E-state index in [1.54, 1.807) is 13.8 Å². The third-order valence-electron chi connectivity index (χ3n) is 6.34. The van der Waals surface area contributed by atoms with E-state index in [0.29, 0.717) is 42.4 Å². The van der Waals surface area contributed by atoms with E-state index in [1.807, 2.05) is 37.3 Å². The van der Waals surface area contributed by atoms with Crippen molar-refractivity contribution in [2.75, 3.05) is 13.2 Å². The van der Waals surface area contributed by atoms with Crippen LogP contribution in [0.4, 0.5) is 0 Å². The molecular weight excluding hydrogens is 448 g/mol. The van der Waals surface area contributed by atoms with Crippen molar-refractivity contribution in [2.24, 2.45) is 0 Å². The normalized spacial score (nSPS) is 28.3. The summed E-state index contributed by atoms with van der Waals surface area (Å²) in [6.45, 7) is 6.58. The Kier molecular flexibility index (Phi) is 6.05. The summed E-state index contributed by atoms with van der Waals surface area (Å²) >= 11 is 6.71. The first-order valence-electron chi connectivity index (χ1n) is 11.3. The molecule has 5 atom stereocenters. The molecule has 0 amide bonds. The van der Waals surface area contributed by atoms with Crippen LogP contribution < -0.4 is 9.47 Å². The summed E-state index contributed by atoms with van der Waals surface area (Å²) in [6, 6.07) is 9.73. The molecule has 3 heterocycles. The molecule has 178 valence electrons. The van der Waals surface area contributed by atoms with E-state index < -0.39 is 36.5 Å². The van der Waals surface area contributed by atoms with Gasteiger partial charge in [0.1, 0.15) is 35.9 Å². The van der Waals surface area contributed by atoms with Gasteiger partial charge in [0, 0.05) is 12.0 Å². The average Bonchev–Trinajstić information content (AvgIpc) is 3.46. The lowest BCUT2D eigenvalue weighted by Crippen LogP contribution is -2.37. The first-order valence-corrected chi connectivity index (χ1v) is 11.7. The molecule has 2 saturated heterocycles. The number of rotatable bonds is 6. The molecule has 5 rings (SSSR count). The van der Waals surface area contributed by atoms with Crippen LogP contribution in [0.15, 0.2) is 30.3 Å². The molecule has 2 aromatic carbocycles. The van der Waals surface area contributed by atoms with Crippen LogP contribution in [0, 0.1) is 0 Å². The molecule has 7 nitrogen and oxygen atoms in total. The summed E-state index contributed by atoms with van der Waals surface area (Å²) in [5, 5.41) is 22.7. The first kappa shape index (κ1) is 22.9. The zero-order valence-corrected chi connectivity index (χ0v) is 19.7. The Morgan fingerprint density at radius 3 is 2.67 bits per heavy atom. The highest BCUT2D eigenvalue weighted by Crippen LogP contribution is 2.45. The monoisotopic (exact) mass is 476 g/mol. The SMILES string of the molecule is CCOc1ccc(Cc2cc(C(O)C3O[C@H]4OC(C)(C)O[C@H]4[C@@H]3O)c3c(c2Cl)OCC3)cc1. The van der Waals surface area contributed by atoms with Crippen LogP contribution in [0.3, 0.4) is 0 Å². The van der Waals surface area contributed by atoms with E-state index >= 15 is 0 Å². The quantitative estimate of drug-likeness (QED) is 0.659. The van der Waals surface area contributed by atoms with E-state index in [4.69, 9.17) is 35.3 Å². The molecule has 0 bridgehead atoms. The van der Waals surface area contributed by atoms with Gasteiger partial charge < -0.3 is 33.9 Å². The van der Waals surface area contributed by atoms with Crippen LogP contribution in [0.2, 0.25) is 5.02 Å². The zero-order valence-electron chi connectivity index (χ0n) is 18.9. The van der Waals surface area contributed by atoms with Gasteiger partial charge in [-0.15, -0.1) is 0 Å². The number of halogens is 1. The van der Waals surface area contributed by atoms with Crippen molar-refractivity contribution >= 4 is 11.6 Å². The van der Waals surface area contributed by atoms with Crippen LogP contribution in [0.5, 0.6) is 11.5 Å². The predicted octanol–water partition coefficient (Wildman–Crippen LogP) is 3.54. The minimum atomic E-state index is -1.09. The van der Waals surface area contributed by atoms with Crippen LogP contribution in [0.25, 0.3) is 0 Å². The third-order valence-corrected chi connectivity index (χ3v) is 6.76. The summed E-state index contributed by atoms with van der Waals surface area (Å²) in [4.78, 5) is 0. The first-order chi connectivity index (χ1) is 15.8. The number of aliphatic hydroxyl groups is 2. The van der Waals surface area contributed by atoms with Crippen LogP contribution >= 0.6 is 11.6 Å². The van der Waals surface area contributed by atoms with Gasteiger partial charge in [0.25, 0.3) is 0 Å². The second kappa shape index (κ2) is 8.73. The highest BCUT2D eigenvalue weighted by atomic mass is 35.5. The number of fused-ring (bicyclic) bond motifs is 2. The molecule has 0 spiro atoms. The van der Waals surface area contributed by atoms with Crippen molar-refractivity contribution in [3.05, 3.63) is 57.6 Å². The van der Waals surface area contributed by atoms with Gasteiger partial charge in [-0.25, -0.2) is 0 Å². The van der Waals surface area contributed by atoms with Gasteiger partial charge in [0.05, 0.1) is 18.2 Å². The third kappa shape index (κ3) is 4.22. The molecule has 2 aromatic rings. The van der Waals surface area contributed by atoms with Crippen LogP contribution in [0.1, 0.15) is 49.1 Å². The number of aliphatic hydroxyl groups excluding tert-OH is 2. The van der Waals surface area contributed by atoms with Crippen molar-refractivity contribution in [3.8, 4) is 11.5 Å². The number of hydrogen-bond donors (Lipinski definition) is 2. The molecular formula is C25H29ClO7. The molecule has 33 heavy (non-hydrogen) atoms. The summed E-state index contributed by atoms with van der Waals surface area (Å²) in [5.41, 5.74) is 3.38.